The van der Waals surface area contributed by atoms with Crippen molar-refractivity contribution in [3.63, 3.8) is 0 Å². The number of nitrogens with two attached hydrogens (primary N) is 1. The van der Waals surface area contributed by atoms with E-state index in [4.69, 9.17) is 5.73 Å². The van der Waals surface area contributed by atoms with E-state index in [0.717, 1.165) is 31.8 Å². The standard InChI is InChI=1S/C16H28N2/c1-4-15-7-9-16(10-8-15)18(3)13-5-6-14(2)11-12-17/h7-10,14H,4-6,11-13,17H2,1-3H3. The Balaban J connectivity index is 2.33. The molecule has 2 heteroatoms. The third kappa shape index (κ3) is 5.09. The summed E-state index contributed by atoms with van der Waals surface area (Å²) in [7, 11) is 2.18. The fraction of sp³-hybridized carbons (Fsp3) is 0.625. The maximum atomic E-state index is 5.57. The van der Waals surface area contributed by atoms with E-state index < -0.39 is 0 Å². The van der Waals surface area contributed by atoms with Gasteiger partial charge in [-0.25, -0.2) is 0 Å². The molecule has 0 amide bonds. The van der Waals surface area contributed by atoms with Crippen molar-refractivity contribution in [2.45, 2.75) is 39.5 Å². The van der Waals surface area contributed by atoms with Crippen LogP contribution in [-0.4, -0.2) is 20.1 Å². The first-order chi connectivity index (χ1) is 8.67. The van der Waals surface area contributed by atoms with Crippen LogP contribution in [0.1, 0.15) is 38.7 Å². The van der Waals surface area contributed by atoms with Crippen LogP contribution in [0, 0.1) is 5.92 Å². The van der Waals surface area contributed by atoms with Crippen molar-refractivity contribution in [3.8, 4) is 0 Å². The molecule has 0 aliphatic rings. The Hall–Kier alpha value is -1.02. The lowest BCUT2D eigenvalue weighted by molar-refractivity contribution is 0.482. The van der Waals surface area contributed by atoms with Crippen LogP contribution in [0.25, 0.3) is 0 Å². The Morgan fingerprint density at radius 3 is 2.39 bits per heavy atom. The SMILES string of the molecule is CCc1ccc(N(C)CCCC(C)CCN)cc1. The summed E-state index contributed by atoms with van der Waals surface area (Å²) in [6.07, 6.45) is 4.78. The smallest absolute Gasteiger partial charge is 0.0363 e. The van der Waals surface area contributed by atoms with Crippen LogP contribution in [0.4, 0.5) is 5.69 Å². The summed E-state index contributed by atoms with van der Waals surface area (Å²) in [6.45, 7) is 6.43. The number of hydrogen-bond donors (Lipinski definition) is 1. The van der Waals surface area contributed by atoms with Gasteiger partial charge in [0.15, 0.2) is 0 Å². The molecule has 0 spiro atoms. The van der Waals surface area contributed by atoms with E-state index in [-0.39, 0.29) is 0 Å². The molecule has 1 aromatic carbocycles. The Morgan fingerprint density at radius 1 is 1.17 bits per heavy atom. The van der Waals surface area contributed by atoms with Crippen LogP contribution in [0.15, 0.2) is 24.3 Å². The highest BCUT2D eigenvalue weighted by Gasteiger charge is 2.04. The number of nitrogens with zero attached hydrogens (tertiary/aromatic N) is 1. The number of anilines is 1. The highest BCUT2D eigenvalue weighted by atomic mass is 15.1. The van der Waals surface area contributed by atoms with Gasteiger partial charge in [-0.15, -0.1) is 0 Å². The molecule has 18 heavy (non-hydrogen) atoms. The first-order valence-corrected chi connectivity index (χ1v) is 7.17. The van der Waals surface area contributed by atoms with Crippen LogP contribution in [0.5, 0.6) is 0 Å². The first-order valence-electron chi connectivity index (χ1n) is 7.17. The zero-order valence-corrected chi connectivity index (χ0v) is 12.2. The third-order valence-corrected chi connectivity index (χ3v) is 3.64. The largest absolute Gasteiger partial charge is 0.375 e. The molecule has 1 unspecified atom stereocenters. The molecule has 0 saturated carbocycles. The van der Waals surface area contributed by atoms with Crippen LogP contribution in [-0.2, 0) is 6.42 Å². The summed E-state index contributed by atoms with van der Waals surface area (Å²) in [5.74, 6) is 0.755. The van der Waals surface area contributed by atoms with Gasteiger partial charge in [0.2, 0.25) is 0 Å². The lowest BCUT2D eigenvalue weighted by atomic mass is 10.0. The lowest BCUT2D eigenvalue weighted by Crippen LogP contribution is -2.19. The summed E-state index contributed by atoms with van der Waals surface area (Å²) < 4.78 is 0. The average Bonchev–Trinajstić information content (AvgIpc) is 2.39. The Kier molecular flexibility index (Phi) is 6.81. The molecule has 0 aromatic heterocycles. The normalized spacial score (nSPS) is 12.4. The Morgan fingerprint density at radius 2 is 1.83 bits per heavy atom. The minimum Gasteiger partial charge on any atom is -0.375 e. The van der Waals surface area contributed by atoms with Crippen molar-refractivity contribution >= 4 is 5.69 Å². The van der Waals surface area contributed by atoms with Gasteiger partial charge in [-0.05, 0) is 55.8 Å². The fourth-order valence-corrected chi connectivity index (χ4v) is 2.22. The summed E-state index contributed by atoms with van der Waals surface area (Å²) in [6, 6.07) is 8.90. The van der Waals surface area contributed by atoms with Gasteiger partial charge in [-0.2, -0.15) is 0 Å². The van der Waals surface area contributed by atoms with Gasteiger partial charge >= 0.3 is 0 Å². The van der Waals surface area contributed by atoms with Crippen LogP contribution < -0.4 is 10.6 Å². The Labute approximate surface area is 112 Å². The predicted molar refractivity (Wildman–Crippen MR) is 81.2 cm³/mol. The molecule has 0 heterocycles. The molecule has 0 aliphatic heterocycles. The predicted octanol–water partition coefficient (Wildman–Crippen LogP) is 3.45. The van der Waals surface area contributed by atoms with E-state index >= 15 is 0 Å². The third-order valence-electron chi connectivity index (χ3n) is 3.64. The lowest BCUT2D eigenvalue weighted by Gasteiger charge is -2.20. The number of hydrogen-bond acceptors (Lipinski definition) is 2. The molecule has 0 bridgehead atoms. The molecule has 2 N–H and O–H groups in total. The molecular formula is C16H28N2. The van der Waals surface area contributed by atoms with E-state index in [1.807, 2.05) is 0 Å². The molecule has 1 atom stereocenters. The molecule has 0 aliphatic carbocycles. The summed E-state index contributed by atoms with van der Waals surface area (Å²) in [5, 5.41) is 0. The maximum absolute atomic E-state index is 5.57. The number of benzene rings is 1. The average molecular weight is 248 g/mol. The summed E-state index contributed by atoms with van der Waals surface area (Å²) in [5.41, 5.74) is 8.29. The molecule has 102 valence electrons. The monoisotopic (exact) mass is 248 g/mol. The fourth-order valence-electron chi connectivity index (χ4n) is 2.22. The van der Waals surface area contributed by atoms with Crippen molar-refractivity contribution in [1.29, 1.82) is 0 Å². The zero-order valence-electron chi connectivity index (χ0n) is 12.2. The van der Waals surface area contributed by atoms with E-state index in [1.165, 1.54) is 24.1 Å². The van der Waals surface area contributed by atoms with E-state index in [2.05, 4.69) is 50.1 Å². The van der Waals surface area contributed by atoms with Gasteiger partial charge in [0.25, 0.3) is 0 Å². The quantitative estimate of drug-likeness (QED) is 0.763. The molecule has 0 radical (unpaired) electrons. The van der Waals surface area contributed by atoms with E-state index in [1.54, 1.807) is 0 Å². The molecule has 1 aromatic rings. The van der Waals surface area contributed by atoms with Crippen LogP contribution >= 0.6 is 0 Å². The topological polar surface area (TPSA) is 29.3 Å². The van der Waals surface area contributed by atoms with Crippen molar-refractivity contribution in [1.82, 2.24) is 0 Å². The van der Waals surface area contributed by atoms with Gasteiger partial charge in [-0.1, -0.05) is 26.0 Å². The van der Waals surface area contributed by atoms with Crippen molar-refractivity contribution in [3.05, 3.63) is 29.8 Å². The second-order valence-corrected chi connectivity index (χ2v) is 5.27. The second kappa shape index (κ2) is 8.15. The van der Waals surface area contributed by atoms with Gasteiger partial charge in [0, 0.05) is 19.3 Å². The van der Waals surface area contributed by atoms with Crippen molar-refractivity contribution in [2.75, 3.05) is 25.0 Å². The molecular weight excluding hydrogens is 220 g/mol. The second-order valence-electron chi connectivity index (χ2n) is 5.27. The minimum atomic E-state index is 0.755. The highest BCUT2D eigenvalue weighted by Crippen LogP contribution is 2.16. The molecule has 0 fully saturated rings. The van der Waals surface area contributed by atoms with Crippen molar-refractivity contribution in [2.24, 2.45) is 11.7 Å². The highest BCUT2D eigenvalue weighted by molar-refractivity contribution is 5.46. The van der Waals surface area contributed by atoms with Gasteiger partial charge in [0.1, 0.15) is 0 Å². The van der Waals surface area contributed by atoms with E-state index in [9.17, 15) is 0 Å². The zero-order chi connectivity index (χ0) is 13.4. The summed E-state index contributed by atoms with van der Waals surface area (Å²) in [4.78, 5) is 2.34. The summed E-state index contributed by atoms with van der Waals surface area (Å²) >= 11 is 0. The van der Waals surface area contributed by atoms with Gasteiger partial charge < -0.3 is 10.6 Å². The van der Waals surface area contributed by atoms with Crippen molar-refractivity contribution < 1.29 is 0 Å². The first kappa shape index (κ1) is 15.0. The number of aryl methyl sites for hydroxylation is 1. The minimum absolute atomic E-state index is 0.755. The number of rotatable bonds is 8. The molecule has 2 nitrogen and oxygen atoms in total. The molecule has 1 rings (SSSR count). The molecule has 0 saturated heterocycles. The van der Waals surface area contributed by atoms with Gasteiger partial charge in [-0.3, -0.25) is 0 Å². The maximum Gasteiger partial charge on any atom is 0.0363 e. The van der Waals surface area contributed by atoms with Gasteiger partial charge in [0.05, 0.1) is 0 Å². The van der Waals surface area contributed by atoms with Crippen LogP contribution in [0.2, 0.25) is 0 Å². The Bertz CT molecular complexity index is 318. The van der Waals surface area contributed by atoms with E-state index in [0.29, 0.717) is 0 Å². The van der Waals surface area contributed by atoms with Crippen LogP contribution in [0.3, 0.4) is 0 Å².